The van der Waals surface area contributed by atoms with Crippen molar-refractivity contribution in [2.45, 2.75) is 18.4 Å². The zero-order valence-corrected chi connectivity index (χ0v) is 21.3. The summed E-state index contributed by atoms with van der Waals surface area (Å²) in [5, 5.41) is 2.83. The maximum Gasteiger partial charge on any atom is 0.262 e. The Morgan fingerprint density at radius 2 is 1.84 bits per heavy atom. The molecular formula is C25H23F2N5O5S. The van der Waals surface area contributed by atoms with Gasteiger partial charge in [-0.25, -0.2) is 27.2 Å². The summed E-state index contributed by atoms with van der Waals surface area (Å²) in [6.07, 6.45) is 2.81. The number of methoxy groups -OCH3 is 1. The third-order valence-electron chi connectivity index (χ3n) is 5.81. The number of amides is 1. The van der Waals surface area contributed by atoms with Crippen molar-refractivity contribution in [2.24, 2.45) is 5.92 Å². The van der Waals surface area contributed by atoms with Crippen LogP contribution in [0.4, 0.5) is 14.5 Å². The molecule has 2 aromatic heterocycles. The Kier molecular flexibility index (Phi) is 7.39. The van der Waals surface area contributed by atoms with Crippen LogP contribution in [0, 0.1) is 17.6 Å². The molecule has 0 saturated carbocycles. The molecule has 1 amide bonds. The number of hydrogen-bond acceptors (Lipinski definition) is 7. The van der Waals surface area contributed by atoms with Gasteiger partial charge in [0.05, 0.1) is 35.2 Å². The van der Waals surface area contributed by atoms with E-state index in [1.54, 1.807) is 25.1 Å². The smallest absolute Gasteiger partial charge is 0.262 e. The zero-order chi connectivity index (χ0) is 27.6. The second-order valence-corrected chi connectivity index (χ2v) is 10.1. The normalized spacial score (nSPS) is 12.2. The highest BCUT2D eigenvalue weighted by molar-refractivity contribution is 7.92. The number of carbonyl (C=O) groups excluding carboxylic acids is 1. The minimum Gasteiger partial charge on any atom is -0.480 e. The molecule has 4 rings (SSSR count). The van der Waals surface area contributed by atoms with Crippen molar-refractivity contribution in [3.8, 4) is 17.0 Å². The zero-order valence-electron chi connectivity index (χ0n) is 20.5. The van der Waals surface area contributed by atoms with Crippen molar-refractivity contribution in [3.63, 3.8) is 0 Å². The summed E-state index contributed by atoms with van der Waals surface area (Å²) in [7, 11) is -1.52. The Bertz CT molecular complexity index is 1710. The third-order valence-corrected chi connectivity index (χ3v) is 7.18. The predicted octanol–water partition coefficient (Wildman–Crippen LogP) is 2.93. The number of anilines is 1. The highest BCUT2D eigenvalue weighted by Crippen LogP contribution is 2.31. The fraction of sp³-hybridized carbons (Fsp3) is 0.200. The molecule has 38 heavy (non-hydrogen) atoms. The number of rotatable bonds is 8. The first-order chi connectivity index (χ1) is 18.0. The Hall–Kier alpha value is -4.39. The minimum absolute atomic E-state index is 0.0576. The van der Waals surface area contributed by atoms with Crippen molar-refractivity contribution < 1.29 is 26.7 Å². The summed E-state index contributed by atoms with van der Waals surface area (Å²) in [6, 6.07) is 8.54. The van der Waals surface area contributed by atoms with Crippen LogP contribution in [0.15, 0.2) is 64.7 Å². The van der Waals surface area contributed by atoms with Crippen molar-refractivity contribution in [3.05, 3.63) is 77.0 Å². The van der Waals surface area contributed by atoms with Crippen molar-refractivity contribution in [1.82, 2.24) is 19.9 Å². The second kappa shape index (κ2) is 10.5. The molecule has 0 aliphatic carbocycles. The van der Waals surface area contributed by atoms with E-state index in [0.29, 0.717) is 28.8 Å². The molecule has 10 nitrogen and oxygen atoms in total. The quantitative estimate of drug-likeness (QED) is 0.349. The number of nitrogens with one attached hydrogen (secondary N) is 2. The lowest BCUT2D eigenvalue weighted by Crippen LogP contribution is -2.32. The molecule has 0 fully saturated rings. The monoisotopic (exact) mass is 543 g/mol. The van der Waals surface area contributed by atoms with Crippen LogP contribution in [0.3, 0.4) is 0 Å². The number of hydrogen-bond donors (Lipinski definition) is 2. The molecule has 13 heteroatoms. The molecule has 0 unspecified atom stereocenters. The van der Waals surface area contributed by atoms with Gasteiger partial charge in [0.15, 0.2) is 11.6 Å². The van der Waals surface area contributed by atoms with Crippen LogP contribution < -0.4 is 20.3 Å². The average Bonchev–Trinajstić information content (AvgIpc) is 2.90. The fourth-order valence-electron chi connectivity index (χ4n) is 3.79. The molecule has 2 aromatic carbocycles. The van der Waals surface area contributed by atoms with Crippen LogP contribution in [-0.4, -0.2) is 43.0 Å². The lowest BCUT2D eigenvalue weighted by Gasteiger charge is -2.14. The van der Waals surface area contributed by atoms with Crippen LogP contribution in [0.25, 0.3) is 22.0 Å². The third kappa shape index (κ3) is 5.32. The van der Waals surface area contributed by atoms with Gasteiger partial charge >= 0.3 is 0 Å². The average molecular weight is 544 g/mol. The second-order valence-electron chi connectivity index (χ2n) is 8.41. The first-order valence-electron chi connectivity index (χ1n) is 11.3. The topological polar surface area (TPSA) is 132 Å². The van der Waals surface area contributed by atoms with E-state index < -0.39 is 32.5 Å². The van der Waals surface area contributed by atoms with Crippen molar-refractivity contribution in [1.29, 1.82) is 0 Å². The molecule has 2 heterocycles. The molecule has 0 aliphatic rings. The summed E-state index contributed by atoms with van der Waals surface area (Å²) in [4.78, 5) is 33.0. The molecule has 1 atom stereocenters. The van der Waals surface area contributed by atoms with E-state index in [9.17, 15) is 26.8 Å². The first kappa shape index (κ1) is 26.7. The van der Waals surface area contributed by atoms with Gasteiger partial charge in [-0.1, -0.05) is 13.0 Å². The Morgan fingerprint density at radius 1 is 1.08 bits per heavy atom. The van der Waals surface area contributed by atoms with Crippen LogP contribution in [-0.2, 0) is 21.4 Å². The van der Waals surface area contributed by atoms with Gasteiger partial charge < -0.3 is 10.1 Å². The summed E-state index contributed by atoms with van der Waals surface area (Å²) < 4.78 is 61.4. The number of fused-ring (bicyclic) bond motifs is 1. The number of sulfonamides is 1. The molecule has 0 saturated heterocycles. The van der Waals surface area contributed by atoms with Crippen LogP contribution >= 0.6 is 0 Å². The highest BCUT2D eigenvalue weighted by atomic mass is 32.2. The maximum atomic E-state index is 13.6. The number of halogens is 2. The van der Waals surface area contributed by atoms with E-state index in [4.69, 9.17) is 4.74 Å². The number of pyridine rings is 1. The summed E-state index contributed by atoms with van der Waals surface area (Å²) in [6.45, 7) is 1.82. The molecule has 198 valence electrons. The Balaban J connectivity index is 1.73. The van der Waals surface area contributed by atoms with Gasteiger partial charge in [0, 0.05) is 25.4 Å². The van der Waals surface area contributed by atoms with Crippen LogP contribution in [0.2, 0.25) is 0 Å². The lowest BCUT2D eigenvalue weighted by molar-refractivity contribution is -0.124. The summed E-state index contributed by atoms with van der Waals surface area (Å²) >= 11 is 0. The molecule has 4 aromatic rings. The van der Waals surface area contributed by atoms with Gasteiger partial charge in [0.25, 0.3) is 15.6 Å². The number of ether oxygens (including phenoxy) is 1. The molecule has 2 N–H and O–H groups in total. The molecule has 0 bridgehead atoms. The van der Waals surface area contributed by atoms with E-state index >= 15 is 0 Å². The van der Waals surface area contributed by atoms with E-state index in [-0.39, 0.29) is 35.0 Å². The minimum atomic E-state index is -4.32. The lowest BCUT2D eigenvalue weighted by atomic mass is 10.0. The summed E-state index contributed by atoms with van der Waals surface area (Å²) in [5.41, 5.74) is 0.982. The van der Waals surface area contributed by atoms with Gasteiger partial charge in [0.2, 0.25) is 11.8 Å². The highest BCUT2D eigenvalue weighted by Gasteiger charge is 2.20. The largest absolute Gasteiger partial charge is 0.480 e. The Morgan fingerprint density at radius 3 is 2.53 bits per heavy atom. The van der Waals surface area contributed by atoms with E-state index in [2.05, 4.69) is 20.0 Å². The van der Waals surface area contributed by atoms with Gasteiger partial charge in [-0.3, -0.25) is 18.9 Å². The molecule has 0 radical (unpaired) electrons. The first-order valence-corrected chi connectivity index (χ1v) is 12.8. The van der Waals surface area contributed by atoms with Gasteiger partial charge in [-0.2, -0.15) is 0 Å². The number of aromatic nitrogens is 3. The van der Waals surface area contributed by atoms with Gasteiger partial charge in [-0.05, 0) is 42.0 Å². The molecular weight excluding hydrogens is 520 g/mol. The number of benzene rings is 2. The Labute approximate surface area is 216 Å². The van der Waals surface area contributed by atoms with E-state index in [1.165, 1.54) is 37.3 Å². The predicted molar refractivity (Wildman–Crippen MR) is 136 cm³/mol. The number of carbonyl (C=O) groups is 1. The van der Waals surface area contributed by atoms with Crippen LogP contribution in [0.5, 0.6) is 5.88 Å². The van der Waals surface area contributed by atoms with Crippen LogP contribution in [0.1, 0.15) is 6.92 Å². The molecule has 0 spiro atoms. The van der Waals surface area contributed by atoms with E-state index in [0.717, 1.165) is 6.07 Å². The summed E-state index contributed by atoms with van der Waals surface area (Å²) in [5.74, 6) is -3.23. The van der Waals surface area contributed by atoms with Gasteiger partial charge in [-0.15, -0.1) is 0 Å². The van der Waals surface area contributed by atoms with Crippen molar-refractivity contribution >= 4 is 32.5 Å². The fourth-order valence-corrected chi connectivity index (χ4v) is 4.85. The maximum absolute atomic E-state index is 13.6. The van der Waals surface area contributed by atoms with Gasteiger partial charge in [0.1, 0.15) is 5.69 Å². The SMILES string of the molecule is CNC(=O)[C@H](C)Cn1cnc2ccc(-c3cnc(OC)c(NS(=O)(=O)c4ccc(F)c(F)c4)c3)cc2c1=O. The van der Waals surface area contributed by atoms with Crippen molar-refractivity contribution in [2.75, 3.05) is 18.9 Å². The molecule has 0 aliphatic heterocycles. The van der Waals surface area contributed by atoms with E-state index in [1.807, 2.05) is 0 Å². The number of nitrogens with zero attached hydrogens (tertiary/aromatic N) is 3. The standard InChI is InChI=1S/C25H23F2N5O5S/c1-14(23(33)28-2)12-32-13-30-21-7-4-15(8-18(21)25(32)34)16-9-22(24(37-3)29-11-16)31-38(35,36)17-5-6-19(26)20(27)10-17/h4-11,13-14,31H,12H2,1-3H3,(H,28,33)/t14-/m1/s1.